The van der Waals surface area contributed by atoms with Gasteiger partial charge in [-0.1, -0.05) is 54.6 Å². The van der Waals surface area contributed by atoms with Crippen molar-refractivity contribution in [3.8, 4) is 28.2 Å². The van der Waals surface area contributed by atoms with E-state index in [1.165, 1.54) is 11.6 Å². The molecule has 3 heterocycles. The average molecular weight is 508 g/mol. The summed E-state index contributed by atoms with van der Waals surface area (Å²) in [7, 11) is 1.64. The second-order valence-electron chi connectivity index (χ2n) is 9.95. The maximum absolute atomic E-state index is 15.0. The third-order valence-electron chi connectivity index (χ3n) is 7.40. The van der Waals surface area contributed by atoms with Crippen molar-refractivity contribution >= 4 is 11.1 Å². The van der Waals surface area contributed by atoms with E-state index in [9.17, 15) is 4.39 Å². The fraction of sp³-hybridized carbons (Fsp3) is 0.250. The van der Waals surface area contributed by atoms with Crippen LogP contribution in [-0.4, -0.2) is 35.1 Å². The van der Waals surface area contributed by atoms with E-state index in [4.69, 9.17) is 14.1 Å². The van der Waals surface area contributed by atoms with Crippen LogP contribution >= 0.6 is 0 Å². The summed E-state index contributed by atoms with van der Waals surface area (Å²) in [5.41, 5.74) is 4.90. The minimum Gasteiger partial charge on any atom is -0.497 e. The molecule has 1 fully saturated rings. The summed E-state index contributed by atoms with van der Waals surface area (Å²) in [5.74, 6) is 1.35. The molecule has 1 aliphatic rings. The van der Waals surface area contributed by atoms with Gasteiger partial charge in [-0.15, -0.1) is 0 Å². The van der Waals surface area contributed by atoms with E-state index in [0.29, 0.717) is 23.0 Å². The van der Waals surface area contributed by atoms with Gasteiger partial charge in [-0.3, -0.25) is 4.90 Å². The standard InChI is InChI=1S/C32H30FN3O2/c1-37-25-15-13-24(14-16-25)29-30-28(18-23-10-7-17-36(20-23)19-22-8-3-2-4-9-22)34-21-35-32(30)38-31(29)26-11-5-6-12-27(26)33/h2-6,8-9,11-16,21,23H,7,10,17-20H2,1H3/t23-/m0/s1. The molecule has 6 heteroatoms. The van der Waals surface area contributed by atoms with Gasteiger partial charge >= 0.3 is 0 Å². The van der Waals surface area contributed by atoms with Crippen LogP contribution in [0.15, 0.2) is 89.6 Å². The zero-order valence-corrected chi connectivity index (χ0v) is 21.4. The SMILES string of the molecule is COc1ccc(-c2c(-c3ccccc3F)oc3ncnc(C[C@@H]4CCCN(Cc5ccccc5)C4)c23)cc1. The number of piperidine rings is 1. The van der Waals surface area contributed by atoms with Crippen LogP contribution in [0.5, 0.6) is 5.75 Å². The van der Waals surface area contributed by atoms with Crippen molar-refractivity contribution in [3.63, 3.8) is 0 Å². The molecule has 0 bridgehead atoms. The molecule has 0 N–H and O–H groups in total. The van der Waals surface area contributed by atoms with Gasteiger partial charge in [0.05, 0.1) is 23.8 Å². The highest BCUT2D eigenvalue weighted by molar-refractivity contribution is 6.01. The first-order chi connectivity index (χ1) is 18.7. The smallest absolute Gasteiger partial charge is 0.230 e. The Kier molecular flexibility index (Phi) is 6.88. The van der Waals surface area contributed by atoms with Gasteiger partial charge in [-0.05, 0) is 67.1 Å². The van der Waals surface area contributed by atoms with Crippen LogP contribution < -0.4 is 4.74 Å². The van der Waals surface area contributed by atoms with Crippen molar-refractivity contribution in [2.45, 2.75) is 25.8 Å². The second-order valence-corrected chi connectivity index (χ2v) is 9.95. The van der Waals surface area contributed by atoms with Crippen LogP contribution in [0.25, 0.3) is 33.6 Å². The maximum Gasteiger partial charge on any atom is 0.230 e. The van der Waals surface area contributed by atoms with Crippen molar-refractivity contribution in [3.05, 3.63) is 102 Å². The molecule has 0 saturated carbocycles. The van der Waals surface area contributed by atoms with E-state index in [0.717, 1.165) is 66.9 Å². The van der Waals surface area contributed by atoms with Crippen molar-refractivity contribution in [2.75, 3.05) is 20.2 Å². The lowest BCUT2D eigenvalue weighted by Gasteiger charge is -2.32. The highest BCUT2D eigenvalue weighted by atomic mass is 19.1. The maximum atomic E-state index is 15.0. The monoisotopic (exact) mass is 507 g/mol. The van der Waals surface area contributed by atoms with Crippen LogP contribution in [0.2, 0.25) is 0 Å². The van der Waals surface area contributed by atoms with E-state index >= 15 is 0 Å². The van der Waals surface area contributed by atoms with Crippen molar-refractivity contribution in [1.29, 1.82) is 0 Å². The van der Waals surface area contributed by atoms with Gasteiger partial charge in [0, 0.05) is 18.7 Å². The molecule has 0 radical (unpaired) electrons. The molecule has 1 aliphatic heterocycles. The molecule has 192 valence electrons. The lowest BCUT2D eigenvalue weighted by atomic mass is 9.90. The first-order valence-corrected chi connectivity index (χ1v) is 13.1. The van der Waals surface area contributed by atoms with E-state index in [1.54, 1.807) is 25.6 Å². The predicted octanol–water partition coefficient (Wildman–Crippen LogP) is 7.16. The number of likely N-dealkylation sites (tertiary alicyclic amines) is 1. The molecule has 1 atom stereocenters. The molecule has 38 heavy (non-hydrogen) atoms. The molecule has 5 nitrogen and oxygen atoms in total. The largest absolute Gasteiger partial charge is 0.497 e. The molecular formula is C32H30FN3O2. The number of methoxy groups -OCH3 is 1. The first-order valence-electron chi connectivity index (χ1n) is 13.1. The third kappa shape index (κ3) is 4.92. The summed E-state index contributed by atoms with van der Waals surface area (Å²) in [4.78, 5) is 11.8. The zero-order chi connectivity index (χ0) is 25.9. The number of rotatable bonds is 7. The third-order valence-corrected chi connectivity index (χ3v) is 7.40. The summed E-state index contributed by atoms with van der Waals surface area (Å²) in [5, 5.41) is 0.858. The number of hydrogen-bond donors (Lipinski definition) is 0. The van der Waals surface area contributed by atoms with Gasteiger partial charge in [0.2, 0.25) is 5.71 Å². The Labute approximate surface area is 221 Å². The van der Waals surface area contributed by atoms with Gasteiger partial charge in [-0.2, -0.15) is 0 Å². The van der Waals surface area contributed by atoms with E-state index in [1.807, 2.05) is 30.3 Å². The predicted molar refractivity (Wildman–Crippen MR) is 147 cm³/mol. The minimum absolute atomic E-state index is 0.334. The fourth-order valence-electron chi connectivity index (χ4n) is 5.59. The number of furan rings is 1. The number of benzene rings is 3. The first kappa shape index (κ1) is 24.3. The molecule has 5 aromatic rings. The van der Waals surface area contributed by atoms with E-state index in [-0.39, 0.29) is 5.82 Å². The molecule has 0 unspecified atom stereocenters. The highest BCUT2D eigenvalue weighted by Crippen LogP contribution is 2.43. The Morgan fingerprint density at radius 2 is 1.76 bits per heavy atom. The molecular weight excluding hydrogens is 477 g/mol. The van der Waals surface area contributed by atoms with Crippen LogP contribution in [0.1, 0.15) is 24.1 Å². The number of halogens is 1. The van der Waals surface area contributed by atoms with Gasteiger partial charge < -0.3 is 9.15 Å². The van der Waals surface area contributed by atoms with E-state index in [2.05, 4.69) is 40.2 Å². The molecule has 0 aliphatic carbocycles. The quantitative estimate of drug-likeness (QED) is 0.234. The minimum atomic E-state index is -0.334. The molecule has 1 saturated heterocycles. The van der Waals surface area contributed by atoms with Gasteiger partial charge in [0.1, 0.15) is 23.7 Å². The van der Waals surface area contributed by atoms with Crippen molar-refractivity contribution < 1.29 is 13.5 Å². The summed E-state index contributed by atoms with van der Waals surface area (Å²) < 4.78 is 26.6. The highest BCUT2D eigenvalue weighted by Gasteiger charge is 2.27. The lowest BCUT2D eigenvalue weighted by molar-refractivity contribution is 0.166. The molecule has 3 aromatic carbocycles. The van der Waals surface area contributed by atoms with E-state index < -0.39 is 0 Å². The Morgan fingerprint density at radius 1 is 0.974 bits per heavy atom. The molecule has 2 aromatic heterocycles. The fourth-order valence-corrected chi connectivity index (χ4v) is 5.59. The normalized spacial score (nSPS) is 16.1. The number of hydrogen-bond acceptors (Lipinski definition) is 5. The Hall–Kier alpha value is -4.03. The van der Waals surface area contributed by atoms with Crippen LogP contribution in [0.4, 0.5) is 4.39 Å². The number of ether oxygens (including phenoxy) is 1. The van der Waals surface area contributed by atoms with Gasteiger partial charge in [0.15, 0.2) is 0 Å². The molecule has 0 amide bonds. The van der Waals surface area contributed by atoms with Crippen LogP contribution in [-0.2, 0) is 13.0 Å². The van der Waals surface area contributed by atoms with Crippen molar-refractivity contribution in [2.24, 2.45) is 5.92 Å². The second kappa shape index (κ2) is 10.8. The number of aromatic nitrogens is 2. The van der Waals surface area contributed by atoms with Crippen molar-refractivity contribution in [1.82, 2.24) is 14.9 Å². The number of fused-ring (bicyclic) bond motifs is 1. The van der Waals surface area contributed by atoms with Gasteiger partial charge in [0.25, 0.3) is 0 Å². The Balaban J connectivity index is 1.39. The summed E-state index contributed by atoms with van der Waals surface area (Å²) in [6.07, 6.45) is 4.67. The van der Waals surface area contributed by atoms with Crippen LogP contribution in [0, 0.1) is 11.7 Å². The van der Waals surface area contributed by atoms with Crippen LogP contribution in [0.3, 0.4) is 0 Å². The Morgan fingerprint density at radius 3 is 2.55 bits per heavy atom. The molecule has 6 rings (SSSR count). The summed E-state index contributed by atoms with van der Waals surface area (Å²) in [6, 6.07) is 25.1. The van der Waals surface area contributed by atoms with Gasteiger partial charge in [-0.25, -0.2) is 14.4 Å². The Bertz CT molecular complexity index is 1530. The summed E-state index contributed by atoms with van der Waals surface area (Å²) >= 11 is 0. The lowest BCUT2D eigenvalue weighted by Crippen LogP contribution is -2.35. The zero-order valence-electron chi connectivity index (χ0n) is 21.4. The average Bonchev–Trinajstić information content (AvgIpc) is 3.34. The summed E-state index contributed by atoms with van der Waals surface area (Å²) in [6.45, 7) is 3.07. The molecule has 0 spiro atoms. The number of nitrogens with zero attached hydrogens (tertiary/aromatic N) is 3. The topological polar surface area (TPSA) is 51.4 Å².